The number of rotatable bonds is 4. The Labute approximate surface area is 135 Å². The molecular formula is C16H24N4OS. The van der Waals surface area contributed by atoms with Crippen molar-refractivity contribution in [1.29, 1.82) is 0 Å². The molecule has 120 valence electrons. The number of nitrogens with zero attached hydrogens (tertiary/aromatic N) is 3. The summed E-state index contributed by atoms with van der Waals surface area (Å²) < 4.78 is 1.93. The zero-order chi connectivity index (χ0) is 16.6. The van der Waals surface area contributed by atoms with Crippen LogP contribution in [-0.4, -0.2) is 20.7 Å². The van der Waals surface area contributed by atoms with E-state index in [1.165, 1.54) is 11.3 Å². The average Bonchev–Trinajstić information content (AvgIpc) is 2.94. The van der Waals surface area contributed by atoms with Gasteiger partial charge in [0.15, 0.2) is 0 Å². The molecule has 0 spiro atoms. The Morgan fingerprint density at radius 2 is 1.77 bits per heavy atom. The first kappa shape index (κ1) is 16.7. The van der Waals surface area contributed by atoms with Crippen molar-refractivity contribution < 1.29 is 4.79 Å². The summed E-state index contributed by atoms with van der Waals surface area (Å²) in [5.41, 5.74) is 3.41. The van der Waals surface area contributed by atoms with Crippen LogP contribution in [0.1, 0.15) is 71.4 Å². The Balaban J connectivity index is 2.30. The van der Waals surface area contributed by atoms with Gasteiger partial charge in [0.2, 0.25) is 0 Å². The van der Waals surface area contributed by atoms with Gasteiger partial charge in [-0.15, -0.1) is 11.3 Å². The molecule has 0 radical (unpaired) electrons. The predicted octanol–water partition coefficient (Wildman–Crippen LogP) is 4.22. The van der Waals surface area contributed by atoms with Gasteiger partial charge in [-0.25, -0.2) is 4.98 Å². The highest BCUT2D eigenvalue weighted by molar-refractivity contribution is 7.14. The number of amides is 1. The molecule has 2 aromatic rings. The predicted molar refractivity (Wildman–Crippen MR) is 91.0 cm³/mol. The Morgan fingerprint density at radius 1 is 1.14 bits per heavy atom. The van der Waals surface area contributed by atoms with E-state index in [1.54, 1.807) is 0 Å². The van der Waals surface area contributed by atoms with Gasteiger partial charge < -0.3 is 5.32 Å². The normalized spacial score (nSPS) is 11.5. The molecule has 0 bridgehead atoms. The number of hydrogen-bond acceptors (Lipinski definition) is 4. The number of carbonyl (C=O) groups is 1. The van der Waals surface area contributed by atoms with E-state index in [9.17, 15) is 4.79 Å². The van der Waals surface area contributed by atoms with Crippen LogP contribution in [0.5, 0.6) is 0 Å². The molecule has 2 aromatic heterocycles. The van der Waals surface area contributed by atoms with Crippen molar-refractivity contribution in [2.75, 3.05) is 5.32 Å². The standard InChI is InChI=1S/C16H24N4OS/c1-8(2)16-17-11(6)14(22-16)15(21)18-13-10(5)19-20(9(3)4)12(13)7/h8-9H,1-7H3,(H,18,21). The quantitative estimate of drug-likeness (QED) is 0.917. The molecule has 6 heteroatoms. The molecule has 0 aliphatic carbocycles. The molecule has 2 heterocycles. The third-order valence-corrected chi connectivity index (χ3v) is 5.02. The lowest BCUT2D eigenvalue weighted by Gasteiger charge is -2.09. The maximum atomic E-state index is 12.6. The molecule has 0 saturated carbocycles. The van der Waals surface area contributed by atoms with Crippen LogP contribution in [-0.2, 0) is 0 Å². The SMILES string of the molecule is Cc1nc(C(C)C)sc1C(=O)Nc1c(C)nn(C(C)C)c1C. The van der Waals surface area contributed by atoms with E-state index in [0.717, 1.165) is 27.8 Å². The van der Waals surface area contributed by atoms with Gasteiger partial charge in [-0.1, -0.05) is 13.8 Å². The Kier molecular flexibility index (Phi) is 4.70. The first-order chi connectivity index (χ1) is 10.2. The largest absolute Gasteiger partial charge is 0.318 e. The van der Waals surface area contributed by atoms with E-state index in [-0.39, 0.29) is 11.9 Å². The third kappa shape index (κ3) is 3.06. The molecule has 5 nitrogen and oxygen atoms in total. The van der Waals surface area contributed by atoms with E-state index < -0.39 is 0 Å². The van der Waals surface area contributed by atoms with E-state index in [1.807, 2.05) is 25.5 Å². The molecular weight excluding hydrogens is 296 g/mol. The number of anilines is 1. The summed E-state index contributed by atoms with van der Waals surface area (Å²) in [6.07, 6.45) is 0. The topological polar surface area (TPSA) is 59.8 Å². The highest BCUT2D eigenvalue weighted by Gasteiger charge is 2.20. The molecule has 2 rings (SSSR count). The van der Waals surface area contributed by atoms with Crippen molar-refractivity contribution in [2.45, 2.75) is 60.4 Å². The number of thiazole rings is 1. The van der Waals surface area contributed by atoms with Crippen LogP contribution in [0.15, 0.2) is 0 Å². The van der Waals surface area contributed by atoms with E-state index >= 15 is 0 Å². The van der Waals surface area contributed by atoms with Gasteiger partial charge in [0.05, 0.1) is 27.8 Å². The number of carbonyl (C=O) groups excluding carboxylic acids is 1. The molecule has 22 heavy (non-hydrogen) atoms. The van der Waals surface area contributed by atoms with Gasteiger partial charge in [-0.3, -0.25) is 9.48 Å². The second-order valence-corrected chi connectivity index (χ2v) is 7.19. The second kappa shape index (κ2) is 6.20. The number of aryl methyl sites for hydroxylation is 2. The van der Waals surface area contributed by atoms with Gasteiger partial charge >= 0.3 is 0 Å². The zero-order valence-electron chi connectivity index (χ0n) is 14.3. The molecule has 0 saturated heterocycles. The summed E-state index contributed by atoms with van der Waals surface area (Å²) in [7, 11) is 0. The summed E-state index contributed by atoms with van der Waals surface area (Å²) in [5, 5.41) is 8.51. The molecule has 0 aromatic carbocycles. The van der Waals surface area contributed by atoms with Crippen molar-refractivity contribution >= 4 is 22.9 Å². The van der Waals surface area contributed by atoms with Crippen LogP contribution in [0.4, 0.5) is 5.69 Å². The minimum Gasteiger partial charge on any atom is -0.318 e. The van der Waals surface area contributed by atoms with Gasteiger partial charge in [0.1, 0.15) is 4.88 Å². The van der Waals surface area contributed by atoms with Crippen molar-refractivity contribution in [3.63, 3.8) is 0 Å². The summed E-state index contributed by atoms with van der Waals surface area (Å²) in [4.78, 5) is 17.7. The van der Waals surface area contributed by atoms with Gasteiger partial charge in [-0.05, 0) is 34.6 Å². The molecule has 0 aliphatic rings. The fraction of sp³-hybridized carbons (Fsp3) is 0.562. The zero-order valence-corrected chi connectivity index (χ0v) is 15.1. The number of hydrogen-bond donors (Lipinski definition) is 1. The molecule has 1 amide bonds. The van der Waals surface area contributed by atoms with E-state index in [2.05, 4.69) is 43.1 Å². The fourth-order valence-corrected chi connectivity index (χ4v) is 3.36. The number of nitrogens with one attached hydrogen (secondary N) is 1. The lowest BCUT2D eigenvalue weighted by Crippen LogP contribution is -2.13. The monoisotopic (exact) mass is 320 g/mol. The van der Waals surface area contributed by atoms with Crippen molar-refractivity contribution in [2.24, 2.45) is 0 Å². The summed E-state index contributed by atoms with van der Waals surface area (Å²) in [6.45, 7) is 14.1. The molecule has 0 aliphatic heterocycles. The summed E-state index contributed by atoms with van der Waals surface area (Å²) in [5.74, 6) is 0.230. The highest BCUT2D eigenvalue weighted by atomic mass is 32.1. The van der Waals surface area contributed by atoms with Crippen LogP contribution in [0.3, 0.4) is 0 Å². The van der Waals surface area contributed by atoms with Gasteiger partial charge in [0.25, 0.3) is 5.91 Å². The summed E-state index contributed by atoms with van der Waals surface area (Å²) in [6, 6.07) is 0.266. The van der Waals surface area contributed by atoms with Crippen molar-refractivity contribution in [3.05, 3.63) is 27.0 Å². The fourth-order valence-electron chi connectivity index (χ4n) is 2.39. The smallest absolute Gasteiger partial charge is 0.267 e. The first-order valence-corrected chi connectivity index (χ1v) is 8.38. The lowest BCUT2D eigenvalue weighted by molar-refractivity contribution is 0.102. The summed E-state index contributed by atoms with van der Waals surface area (Å²) >= 11 is 1.47. The Hall–Kier alpha value is -1.69. The highest BCUT2D eigenvalue weighted by Crippen LogP contribution is 2.27. The van der Waals surface area contributed by atoms with Crippen LogP contribution < -0.4 is 5.32 Å². The van der Waals surface area contributed by atoms with E-state index in [4.69, 9.17) is 0 Å². The van der Waals surface area contributed by atoms with Crippen LogP contribution >= 0.6 is 11.3 Å². The Morgan fingerprint density at radius 3 is 2.23 bits per heavy atom. The first-order valence-electron chi connectivity index (χ1n) is 7.56. The molecule has 0 unspecified atom stereocenters. The second-order valence-electron chi connectivity index (χ2n) is 6.16. The maximum Gasteiger partial charge on any atom is 0.267 e. The van der Waals surface area contributed by atoms with Crippen LogP contribution in [0, 0.1) is 20.8 Å². The lowest BCUT2D eigenvalue weighted by atomic mass is 10.2. The van der Waals surface area contributed by atoms with Crippen LogP contribution in [0.25, 0.3) is 0 Å². The van der Waals surface area contributed by atoms with E-state index in [0.29, 0.717) is 10.8 Å². The van der Waals surface area contributed by atoms with Crippen molar-refractivity contribution in [3.8, 4) is 0 Å². The molecule has 0 atom stereocenters. The van der Waals surface area contributed by atoms with Gasteiger partial charge in [-0.2, -0.15) is 5.10 Å². The van der Waals surface area contributed by atoms with Crippen LogP contribution in [0.2, 0.25) is 0 Å². The third-order valence-electron chi connectivity index (χ3n) is 3.57. The molecule has 1 N–H and O–H groups in total. The maximum absolute atomic E-state index is 12.6. The number of aromatic nitrogens is 3. The van der Waals surface area contributed by atoms with Crippen molar-refractivity contribution in [1.82, 2.24) is 14.8 Å². The minimum absolute atomic E-state index is 0.101. The molecule has 0 fully saturated rings. The minimum atomic E-state index is -0.101. The average molecular weight is 320 g/mol. The van der Waals surface area contributed by atoms with Gasteiger partial charge in [0, 0.05) is 12.0 Å². The Bertz CT molecular complexity index is 697.